The van der Waals surface area contributed by atoms with Crippen LogP contribution in [0.4, 0.5) is 0 Å². The van der Waals surface area contributed by atoms with Gasteiger partial charge >= 0.3 is 0 Å². The highest BCUT2D eigenvalue weighted by molar-refractivity contribution is 4.79. The highest BCUT2D eigenvalue weighted by atomic mass is 16.3. The van der Waals surface area contributed by atoms with E-state index in [4.69, 9.17) is 5.11 Å². The number of hydrogen-bond acceptors (Lipinski definition) is 2. The molecule has 0 aromatic carbocycles. The van der Waals surface area contributed by atoms with Crippen molar-refractivity contribution in [3.05, 3.63) is 0 Å². The van der Waals surface area contributed by atoms with E-state index in [-0.39, 0.29) is 0 Å². The van der Waals surface area contributed by atoms with Crippen molar-refractivity contribution in [3.63, 3.8) is 0 Å². The molecule has 0 fully saturated rings. The minimum absolute atomic E-state index is 0.306. The number of aliphatic hydroxyl groups is 1. The molecule has 0 aliphatic carbocycles. The summed E-state index contributed by atoms with van der Waals surface area (Å²) in [6.07, 6.45) is 5.75. The predicted molar refractivity (Wildman–Crippen MR) is 71.7 cm³/mol. The van der Waals surface area contributed by atoms with Crippen LogP contribution in [0.5, 0.6) is 0 Å². The second kappa shape index (κ2) is 9.00. The summed E-state index contributed by atoms with van der Waals surface area (Å²) in [6, 6.07) is 0. The topological polar surface area (TPSA) is 32.3 Å². The summed E-state index contributed by atoms with van der Waals surface area (Å²) in [4.78, 5) is 0. The first kappa shape index (κ1) is 15.9. The lowest BCUT2D eigenvalue weighted by molar-refractivity contribution is 0.161. The Balaban J connectivity index is 4.01. The molecule has 0 aromatic heterocycles. The van der Waals surface area contributed by atoms with Gasteiger partial charge in [0.05, 0.1) is 0 Å². The van der Waals surface area contributed by atoms with Crippen LogP contribution in [0.25, 0.3) is 0 Å². The highest BCUT2D eigenvalue weighted by Gasteiger charge is 2.25. The first-order chi connectivity index (χ1) is 7.67. The van der Waals surface area contributed by atoms with E-state index in [1.54, 1.807) is 0 Å². The van der Waals surface area contributed by atoms with Crippen molar-refractivity contribution >= 4 is 0 Å². The van der Waals surface area contributed by atoms with Crippen LogP contribution in [-0.4, -0.2) is 24.8 Å². The zero-order chi connectivity index (χ0) is 12.4. The summed E-state index contributed by atoms with van der Waals surface area (Å²) < 4.78 is 0. The Morgan fingerprint density at radius 1 is 1.06 bits per heavy atom. The summed E-state index contributed by atoms with van der Waals surface area (Å²) in [6.45, 7) is 11.5. The number of hydrogen-bond donors (Lipinski definition) is 2. The Morgan fingerprint density at radius 3 is 2.00 bits per heavy atom. The number of rotatable bonds is 10. The molecule has 0 saturated carbocycles. The Kier molecular flexibility index (Phi) is 8.96. The van der Waals surface area contributed by atoms with E-state index in [0.29, 0.717) is 12.0 Å². The molecule has 16 heavy (non-hydrogen) atoms. The molecule has 2 heteroatoms. The van der Waals surface area contributed by atoms with E-state index in [0.717, 1.165) is 38.3 Å². The Hall–Kier alpha value is -0.0800. The SMILES string of the molecule is CCC(CC)CNCC(CC)(CC)CCO. The molecule has 2 nitrogen and oxygen atoms in total. The normalized spacial score (nSPS) is 12.4. The molecule has 0 spiro atoms. The molecular formula is C14H31NO. The van der Waals surface area contributed by atoms with E-state index in [9.17, 15) is 0 Å². The van der Waals surface area contributed by atoms with Crippen LogP contribution in [0.15, 0.2) is 0 Å². The van der Waals surface area contributed by atoms with Gasteiger partial charge in [-0.3, -0.25) is 0 Å². The summed E-state index contributed by atoms with van der Waals surface area (Å²) >= 11 is 0. The van der Waals surface area contributed by atoms with Gasteiger partial charge in [-0.1, -0.05) is 40.5 Å². The Bertz CT molecular complexity index is 151. The van der Waals surface area contributed by atoms with Gasteiger partial charge in [-0.05, 0) is 37.1 Å². The standard InChI is InChI=1S/C14H31NO/c1-5-13(6-2)11-15-12-14(7-3,8-4)9-10-16/h13,15-16H,5-12H2,1-4H3. The van der Waals surface area contributed by atoms with Crippen molar-refractivity contribution in [2.45, 2.75) is 59.8 Å². The summed E-state index contributed by atoms with van der Waals surface area (Å²) in [7, 11) is 0. The summed E-state index contributed by atoms with van der Waals surface area (Å²) in [5.41, 5.74) is 0.306. The van der Waals surface area contributed by atoms with Gasteiger partial charge in [-0.15, -0.1) is 0 Å². The van der Waals surface area contributed by atoms with Gasteiger partial charge < -0.3 is 10.4 Å². The Morgan fingerprint density at radius 2 is 1.62 bits per heavy atom. The zero-order valence-corrected chi connectivity index (χ0v) is 11.7. The van der Waals surface area contributed by atoms with Crippen LogP contribution in [0.2, 0.25) is 0 Å². The van der Waals surface area contributed by atoms with E-state index >= 15 is 0 Å². The van der Waals surface area contributed by atoms with Crippen molar-refractivity contribution in [1.29, 1.82) is 0 Å². The third-order valence-electron chi connectivity index (χ3n) is 4.23. The van der Waals surface area contributed by atoms with Gasteiger partial charge in [-0.25, -0.2) is 0 Å². The highest BCUT2D eigenvalue weighted by Crippen LogP contribution is 2.29. The fourth-order valence-electron chi connectivity index (χ4n) is 2.30. The van der Waals surface area contributed by atoms with Crippen molar-refractivity contribution in [2.75, 3.05) is 19.7 Å². The van der Waals surface area contributed by atoms with E-state index < -0.39 is 0 Å². The van der Waals surface area contributed by atoms with Gasteiger partial charge in [0.1, 0.15) is 0 Å². The van der Waals surface area contributed by atoms with Gasteiger partial charge in [0.2, 0.25) is 0 Å². The minimum atomic E-state index is 0.306. The van der Waals surface area contributed by atoms with E-state index in [1.807, 2.05) is 0 Å². The summed E-state index contributed by atoms with van der Waals surface area (Å²) in [5.74, 6) is 0.806. The maximum atomic E-state index is 9.14. The first-order valence-electron chi connectivity index (χ1n) is 6.99. The predicted octanol–water partition coefficient (Wildman–Crippen LogP) is 3.20. The maximum Gasteiger partial charge on any atom is 0.0436 e. The van der Waals surface area contributed by atoms with Crippen LogP contribution < -0.4 is 5.32 Å². The van der Waals surface area contributed by atoms with Crippen LogP contribution >= 0.6 is 0 Å². The molecule has 0 aliphatic rings. The fraction of sp³-hybridized carbons (Fsp3) is 1.00. The first-order valence-corrected chi connectivity index (χ1v) is 6.99. The lowest BCUT2D eigenvalue weighted by Gasteiger charge is -2.32. The fourth-order valence-corrected chi connectivity index (χ4v) is 2.30. The molecule has 0 atom stereocenters. The number of aliphatic hydroxyl groups excluding tert-OH is 1. The summed E-state index contributed by atoms with van der Waals surface area (Å²) in [5, 5.41) is 12.7. The molecule has 0 saturated heterocycles. The second-order valence-electron chi connectivity index (χ2n) is 4.99. The molecule has 2 N–H and O–H groups in total. The Labute approximate surface area is 102 Å². The van der Waals surface area contributed by atoms with Crippen LogP contribution in [0, 0.1) is 11.3 Å². The van der Waals surface area contributed by atoms with Gasteiger partial charge in [0.25, 0.3) is 0 Å². The molecular weight excluding hydrogens is 198 g/mol. The smallest absolute Gasteiger partial charge is 0.0436 e. The lowest BCUT2D eigenvalue weighted by atomic mass is 9.79. The quantitative estimate of drug-likeness (QED) is 0.603. The average Bonchev–Trinajstić information content (AvgIpc) is 2.33. The minimum Gasteiger partial charge on any atom is -0.396 e. The van der Waals surface area contributed by atoms with Crippen LogP contribution in [0.3, 0.4) is 0 Å². The molecule has 0 aromatic rings. The average molecular weight is 229 g/mol. The molecule has 0 bridgehead atoms. The van der Waals surface area contributed by atoms with Gasteiger partial charge in [0, 0.05) is 13.2 Å². The molecule has 0 aliphatic heterocycles. The van der Waals surface area contributed by atoms with Gasteiger partial charge in [-0.2, -0.15) is 0 Å². The number of nitrogens with one attached hydrogen (secondary N) is 1. The zero-order valence-electron chi connectivity index (χ0n) is 11.7. The largest absolute Gasteiger partial charge is 0.396 e. The van der Waals surface area contributed by atoms with Crippen molar-refractivity contribution in [2.24, 2.45) is 11.3 Å². The second-order valence-corrected chi connectivity index (χ2v) is 4.99. The van der Waals surface area contributed by atoms with Crippen LogP contribution in [-0.2, 0) is 0 Å². The molecule has 0 radical (unpaired) electrons. The van der Waals surface area contributed by atoms with Crippen molar-refractivity contribution in [1.82, 2.24) is 5.32 Å². The van der Waals surface area contributed by atoms with E-state index in [2.05, 4.69) is 33.0 Å². The monoisotopic (exact) mass is 229 g/mol. The van der Waals surface area contributed by atoms with Crippen molar-refractivity contribution < 1.29 is 5.11 Å². The third-order valence-corrected chi connectivity index (χ3v) is 4.23. The van der Waals surface area contributed by atoms with Crippen molar-refractivity contribution in [3.8, 4) is 0 Å². The molecule has 0 amide bonds. The van der Waals surface area contributed by atoms with Gasteiger partial charge in [0.15, 0.2) is 0 Å². The van der Waals surface area contributed by atoms with Crippen LogP contribution in [0.1, 0.15) is 59.8 Å². The lowest BCUT2D eigenvalue weighted by Crippen LogP contribution is -2.36. The van der Waals surface area contributed by atoms with E-state index in [1.165, 1.54) is 12.8 Å². The third kappa shape index (κ3) is 5.31. The molecule has 0 heterocycles. The maximum absolute atomic E-state index is 9.14. The molecule has 0 unspecified atom stereocenters. The molecule has 0 rings (SSSR count). The molecule has 98 valence electrons.